The molecular formula is C25H34Cl2N4O2. The number of aryl methyl sites for hydroxylation is 1. The lowest BCUT2D eigenvalue weighted by Crippen LogP contribution is -2.50. The van der Waals surface area contributed by atoms with E-state index in [1.807, 2.05) is 6.08 Å². The molecule has 1 amide bonds. The highest BCUT2D eigenvalue weighted by molar-refractivity contribution is 6.34. The average molecular weight is 493 g/mol. The standard InChI is InChI=1S/C25H34Cl2N4O2/c1-17(31-21-5-2-6-22(31)8-3-7-21)24-14-23-15-29(9-4-10-30(23)28-24)25(32)33-16-18-11-19(26)13-20(27)12-18/h11,13-14,17-18,21-22H,2-10,12,15-16H2,1H3. The van der Waals surface area contributed by atoms with Crippen LogP contribution in [0.5, 0.6) is 0 Å². The van der Waals surface area contributed by atoms with Crippen molar-refractivity contribution in [1.82, 2.24) is 19.6 Å². The monoisotopic (exact) mass is 492 g/mol. The zero-order chi connectivity index (χ0) is 22.9. The highest BCUT2D eigenvalue weighted by Crippen LogP contribution is 2.39. The van der Waals surface area contributed by atoms with Crippen LogP contribution in [-0.2, 0) is 17.8 Å². The summed E-state index contributed by atoms with van der Waals surface area (Å²) in [7, 11) is 0. The van der Waals surface area contributed by atoms with Crippen LogP contribution in [0.2, 0.25) is 0 Å². The molecule has 0 spiro atoms. The summed E-state index contributed by atoms with van der Waals surface area (Å²) < 4.78 is 7.75. The number of allylic oxidation sites excluding steroid dienone is 3. The number of hydrogen-bond acceptors (Lipinski definition) is 4. The first-order chi connectivity index (χ1) is 16.0. The van der Waals surface area contributed by atoms with Crippen molar-refractivity contribution in [3.05, 3.63) is 39.7 Å². The summed E-state index contributed by atoms with van der Waals surface area (Å²) in [5.41, 5.74) is 2.24. The molecule has 4 heterocycles. The van der Waals surface area contributed by atoms with E-state index in [9.17, 15) is 4.79 Å². The second-order valence-electron chi connectivity index (χ2n) is 10.0. The molecule has 1 aliphatic carbocycles. The van der Waals surface area contributed by atoms with Crippen LogP contribution in [0, 0.1) is 5.92 Å². The maximum atomic E-state index is 12.9. The molecule has 3 aliphatic heterocycles. The van der Waals surface area contributed by atoms with Crippen LogP contribution in [0.1, 0.15) is 75.7 Å². The van der Waals surface area contributed by atoms with Crippen molar-refractivity contribution in [2.45, 2.75) is 89.5 Å². The summed E-state index contributed by atoms with van der Waals surface area (Å²) in [5.74, 6) is 0.0212. The molecule has 1 aromatic rings. The molecular weight excluding hydrogens is 459 g/mol. The minimum Gasteiger partial charge on any atom is -0.449 e. The first-order valence-electron chi connectivity index (χ1n) is 12.5. The third-order valence-corrected chi connectivity index (χ3v) is 8.23. The van der Waals surface area contributed by atoms with Crippen LogP contribution in [0.25, 0.3) is 0 Å². The Labute approximate surface area is 206 Å². The lowest BCUT2D eigenvalue weighted by molar-refractivity contribution is 0.00543. The zero-order valence-corrected chi connectivity index (χ0v) is 20.9. The number of rotatable bonds is 4. The number of halogens is 2. The Morgan fingerprint density at radius 1 is 1.15 bits per heavy atom. The van der Waals surface area contributed by atoms with Crippen LogP contribution in [0.3, 0.4) is 0 Å². The molecule has 0 radical (unpaired) electrons. The molecule has 0 aromatic carbocycles. The van der Waals surface area contributed by atoms with Gasteiger partial charge in [-0.15, -0.1) is 0 Å². The molecule has 2 unspecified atom stereocenters. The van der Waals surface area contributed by atoms with Crippen molar-refractivity contribution in [2.75, 3.05) is 13.2 Å². The Balaban J connectivity index is 1.23. The molecule has 2 saturated heterocycles. The van der Waals surface area contributed by atoms with Gasteiger partial charge in [0, 0.05) is 41.2 Å². The molecule has 8 heteroatoms. The van der Waals surface area contributed by atoms with Gasteiger partial charge in [0.15, 0.2) is 0 Å². The highest BCUT2D eigenvalue weighted by atomic mass is 35.5. The maximum absolute atomic E-state index is 12.9. The fraction of sp³-hybridized carbons (Fsp3) is 0.680. The lowest BCUT2D eigenvalue weighted by Gasteiger charge is -2.48. The number of aromatic nitrogens is 2. The van der Waals surface area contributed by atoms with Crippen LogP contribution in [0.4, 0.5) is 4.79 Å². The van der Waals surface area contributed by atoms with Crippen molar-refractivity contribution in [2.24, 2.45) is 5.92 Å². The number of amides is 1. The molecule has 2 atom stereocenters. The van der Waals surface area contributed by atoms with Crippen LogP contribution >= 0.6 is 23.2 Å². The quantitative estimate of drug-likeness (QED) is 0.520. The molecule has 180 valence electrons. The van der Waals surface area contributed by atoms with E-state index in [1.54, 1.807) is 11.0 Å². The van der Waals surface area contributed by atoms with Crippen molar-refractivity contribution >= 4 is 29.3 Å². The highest BCUT2D eigenvalue weighted by Gasteiger charge is 2.38. The number of carbonyl (C=O) groups excluding carboxylic acids is 1. The number of nitrogens with zero attached hydrogens (tertiary/aromatic N) is 4. The van der Waals surface area contributed by atoms with E-state index in [4.69, 9.17) is 33.0 Å². The Morgan fingerprint density at radius 2 is 1.88 bits per heavy atom. The third kappa shape index (κ3) is 5.13. The van der Waals surface area contributed by atoms with E-state index in [0.29, 0.717) is 47.7 Å². The number of carbonyl (C=O) groups is 1. The molecule has 2 bridgehead atoms. The maximum Gasteiger partial charge on any atom is 0.410 e. The minimum atomic E-state index is -0.278. The van der Waals surface area contributed by atoms with Crippen molar-refractivity contribution in [3.63, 3.8) is 0 Å². The van der Waals surface area contributed by atoms with Gasteiger partial charge in [0.1, 0.15) is 0 Å². The third-order valence-electron chi connectivity index (χ3n) is 7.73. The van der Waals surface area contributed by atoms with Crippen molar-refractivity contribution < 1.29 is 9.53 Å². The first kappa shape index (κ1) is 23.3. The summed E-state index contributed by atoms with van der Waals surface area (Å²) in [5, 5.41) is 6.29. The largest absolute Gasteiger partial charge is 0.449 e. The second-order valence-corrected chi connectivity index (χ2v) is 11.0. The van der Waals surface area contributed by atoms with Crippen molar-refractivity contribution in [3.8, 4) is 0 Å². The zero-order valence-electron chi connectivity index (χ0n) is 19.4. The van der Waals surface area contributed by atoms with Gasteiger partial charge in [0.2, 0.25) is 0 Å². The van der Waals surface area contributed by atoms with Crippen LogP contribution in [-0.4, -0.2) is 50.9 Å². The van der Waals surface area contributed by atoms with Crippen LogP contribution in [0.15, 0.2) is 28.3 Å². The van der Waals surface area contributed by atoms with E-state index >= 15 is 0 Å². The van der Waals surface area contributed by atoms with Gasteiger partial charge in [-0.1, -0.05) is 42.1 Å². The van der Waals surface area contributed by atoms with E-state index in [0.717, 1.165) is 24.4 Å². The van der Waals surface area contributed by atoms with E-state index in [2.05, 4.69) is 22.6 Å². The van der Waals surface area contributed by atoms with Gasteiger partial charge in [0.05, 0.1) is 30.6 Å². The topological polar surface area (TPSA) is 50.6 Å². The number of fused-ring (bicyclic) bond motifs is 3. The summed E-state index contributed by atoms with van der Waals surface area (Å²) in [6, 6.07) is 3.94. The summed E-state index contributed by atoms with van der Waals surface area (Å²) >= 11 is 12.2. The van der Waals surface area contributed by atoms with Crippen molar-refractivity contribution in [1.29, 1.82) is 0 Å². The Morgan fingerprint density at radius 3 is 2.58 bits per heavy atom. The van der Waals surface area contributed by atoms with Crippen LogP contribution < -0.4 is 0 Å². The smallest absolute Gasteiger partial charge is 0.410 e. The molecule has 0 saturated carbocycles. The molecule has 4 aliphatic rings. The number of hydrogen-bond donors (Lipinski definition) is 0. The van der Waals surface area contributed by atoms with E-state index in [-0.39, 0.29) is 18.6 Å². The summed E-state index contributed by atoms with van der Waals surface area (Å²) in [4.78, 5) is 17.4. The Bertz CT molecular complexity index is 921. The fourth-order valence-electron chi connectivity index (χ4n) is 6.16. The Hall–Kier alpha value is -1.50. The van der Waals surface area contributed by atoms with Gasteiger partial charge in [-0.3, -0.25) is 9.58 Å². The van der Waals surface area contributed by atoms with Gasteiger partial charge in [-0.2, -0.15) is 5.10 Å². The average Bonchev–Trinajstić information content (AvgIpc) is 3.07. The number of piperidine rings is 2. The van der Waals surface area contributed by atoms with E-state index < -0.39 is 0 Å². The lowest BCUT2D eigenvalue weighted by atomic mass is 9.83. The summed E-state index contributed by atoms with van der Waals surface area (Å²) in [6.45, 7) is 4.64. The van der Waals surface area contributed by atoms with Gasteiger partial charge >= 0.3 is 6.09 Å². The normalized spacial score (nSPS) is 28.9. The van der Waals surface area contributed by atoms with Gasteiger partial charge in [-0.25, -0.2) is 4.79 Å². The molecule has 5 rings (SSSR count). The Kier molecular flexibility index (Phi) is 7.05. The van der Waals surface area contributed by atoms with Gasteiger partial charge < -0.3 is 9.64 Å². The molecule has 1 aromatic heterocycles. The predicted octanol–water partition coefficient (Wildman–Crippen LogP) is 5.96. The summed E-state index contributed by atoms with van der Waals surface area (Å²) in [6.07, 6.45) is 12.9. The number of ether oxygens (including phenoxy) is 1. The van der Waals surface area contributed by atoms with E-state index in [1.165, 1.54) is 38.5 Å². The first-order valence-corrected chi connectivity index (χ1v) is 13.2. The second kappa shape index (κ2) is 10.0. The minimum absolute atomic E-state index is 0.0212. The van der Waals surface area contributed by atoms with Gasteiger partial charge in [0.25, 0.3) is 0 Å². The van der Waals surface area contributed by atoms with Gasteiger partial charge in [-0.05, 0) is 57.6 Å². The molecule has 2 fully saturated rings. The molecule has 0 N–H and O–H groups in total. The fourth-order valence-corrected chi connectivity index (χ4v) is 6.84. The predicted molar refractivity (Wildman–Crippen MR) is 130 cm³/mol. The SMILES string of the molecule is CC(c1cc2n(n1)CCCN(C(=O)OCC1C=C(Cl)C=C(Cl)C1)C2)N1C2CCCC1CCC2. The molecule has 33 heavy (non-hydrogen) atoms. The molecule has 6 nitrogen and oxygen atoms in total.